The number of hydrogen-bond donors (Lipinski definition) is 3. The first-order valence-electron chi connectivity index (χ1n) is 4.11. The predicted molar refractivity (Wildman–Crippen MR) is 56.7 cm³/mol. The van der Waals surface area contributed by atoms with E-state index in [2.05, 4.69) is 33.0 Å². The van der Waals surface area contributed by atoms with Gasteiger partial charge in [0.25, 0.3) is 0 Å². The molecule has 0 aliphatic rings. The first-order chi connectivity index (χ1) is 5.04. The Hall–Kier alpha value is 0.477. The molecule has 0 aromatic rings. The molecule has 0 amide bonds. The molecule has 0 unspecified atom stereocenters. The van der Waals surface area contributed by atoms with Gasteiger partial charge in [-0.3, -0.25) is 0 Å². The Morgan fingerprint density at radius 3 is 1.42 bits per heavy atom. The SMILES string of the molecule is CC(C)NC(C)C.NCCO.[LiH]. The number of aliphatic hydroxyl groups is 1. The monoisotopic (exact) mass is 170 g/mol. The number of hydrogen-bond acceptors (Lipinski definition) is 3. The van der Waals surface area contributed by atoms with Crippen molar-refractivity contribution in [2.75, 3.05) is 13.2 Å². The van der Waals surface area contributed by atoms with Crippen molar-refractivity contribution in [2.24, 2.45) is 5.73 Å². The Balaban J connectivity index is -0.000000142. The van der Waals surface area contributed by atoms with Crippen LogP contribution in [0.25, 0.3) is 0 Å². The molecule has 0 aliphatic heterocycles. The molecule has 0 aliphatic carbocycles. The molecule has 3 nitrogen and oxygen atoms in total. The average Bonchev–Trinajstić information content (AvgIpc) is 1.85. The summed E-state index contributed by atoms with van der Waals surface area (Å²) in [7, 11) is 0. The van der Waals surface area contributed by atoms with Gasteiger partial charge in [0, 0.05) is 18.6 Å². The average molecular weight is 170 g/mol. The molecule has 0 radical (unpaired) electrons. The first-order valence-corrected chi connectivity index (χ1v) is 4.11. The molecule has 0 saturated heterocycles. The van der Waals surface area contributed by atoms with Gasteiger partial charge < -0.3 is 16.2 Å². The number of nitrogens with two attached hydrogens (primary N) is 1. The van der Waals surface area contributed by atoms with E-state index >= 15 is 0 Å². The second-order valence-corrected chi connectivity index (χ2v) is 2.99. The van der Waals surface area contributed by atoms with Gasteiger partial charge in [0.15, 0.2) is 0 Å². The summed E-state index contributed by atoms with van der Waals surface area (Å²) in [6.07, 6.45) is 0. The van der Waals surface area contributed by atoms with Crippen molar-refractivity contribution < 1.29 is 5.11 Å². The zero-order valence-corrected chi connectivity index (χ0v) is 8.09. The van der Waals surface area contributed by atoms with Crippen molar-refractivity contribution in [1.29, 1.82) is 0 Å². The maximum absolute atomic E-state index is 7.75. The van der Waals surface area contributed by atoms with Crippen LogP contribution in [0.5, 0.6) is 0 Å². The van der Waals surface area contributed by atoms with Crippen molar-refractivity contribution in [2.45, 2.75) is 39.8 Å². The predicted octanol–water partition coefficient (Wildman–Crippen LogP) is -0.318. The summed E-state index contributed by atoms with van der Waals surface area (Å²) in [5, 5.41) is 11.1. The van der Waals surface area contributed by atoms with E-state index in [0.717, 1.165) is 0 Å². The van der Waals surface area contributed by atoms with E-state index in [4.69, 9.17) is 10.8 Å². The summed E-state index contributed by atoms with van der Waals surface area (Å²) < 4.78 is 0. The molecule has 0 rings (SSSR count). The van der Waals surface area contributed by atoms with Gasteiger partial charge in [0.05, 0.1) is 6.61 Å². The van der Waals surface area contributed by atoms with E-state index in [-0.39, 0.29) is 25.5 Å². The van der Waals surface area contributed by atoms with Crippen LogP contribution in [0.3, 0.4) is 0 Å². The van der Waals surface area contributed by atoms with Crippen molar-refractivity contribution in [1.82, 2.24) is 5.32 Å². The van der Waals surface area contributed by atoms with Crippen LogP contribution in [0, 0.1) is 0 Å². The van der Waals surface area contributed by atoms with Crippen LogP contribution in [0.1, 0.15) is 27.7 Å². The fourth-order valence-corrected chi connectivity index (χ4v) is 0.667. The van der Waals surface area contributed by atoms with Crippen LogP contribution >= 0.6 is 0 Å². The zero-order valence-electron chi connectivity index (χ0n) is 8.09. The summed E-state index contributed by atoms with van der Waals surface area (Å²) in [6, 6.07) is 1.25. The minimum absolute atomic E-state index is 0. The van der Waals surface area contributed by atoms with Crippen molar-refractivity contribution in [3.8, 4) is 0 Å². The summed E-state index contributed by atoms with van der Waals surface area (Å²) in [5.74, 6) is 0. The fraction of sp³-hybridized carbons (Fsp3) is 1.00. The Kier molecular flexibility index (Phi) is 21.4. The van der Waals surface area contributed by atoms with Gasteiger partial charge >= 0.3 is 18.9 Å². The van der Waals surface area contributed by atoms with E-state index in [1.807, 2.05) is 0 Å². The van der Waals surface area contributed by atoms with Gasteiger partial charge in [0.2, 0.25) is 0 Å². The van der Waals surface area contributed by atoms with Gasteiger partial charge in [-0.25, -0.2) is 0 Å². The quantitative estimate of drug-likeness (QED) is 0.509. The molecular formula is C8H23LiN2O. The summed E-state index contributed by atoms with van der Waals surface area (Å²) in [4.78, 5) is 0. The van der Waals surface area contributed by atoms with Crippen LogP contribution < -0.4 is 11.1 Å². The standard InChI is InChI=1S/C6H15N.C2H7NO.Li.H/c1-5(2)7-6(3)4;3-1-2-4;;/h5-7H,1-4H3;4H,1-3H2;;. The van der Waals surface area contributed by atoms with Crippen molar-refractivity contribution in [3.63, 3.8) is 0 Å². The molecule has 0 saturated carbocycles. The summed E-state index contributed by atoms with van der Waals surface area (Å²) in [5.41, 5.74) is 4.78. The Bertz CT molecular complexity index is 62.1. The topological polar surface area (TPSA) is 58.3 Å². The maximum atomic E-state index is 7.75. The minimum atomic E-state index is 0. The normalized spacial score (nSPS) is 9.00. The third-order valence-electron chi connectivity index (χ3n) is 0.796. The third-order valence-corrected chi connectivity index (χ3v) is 0.796. The van der Waals surface area contributed by atoms with Gasteiger partial charge in [0.1, 0.15) is 0 Å². The van der Waals surface area contributed by atoms with E-state index in [9.17, 15) is 0 Å². The van der Waals surface area contributed by atoms with E-state index in [1.165, 1.54) is 0 Å². The van der Waals surface area contributed by atoms with Gasteiger partial charge in [-0.2, -0.15) is 0 Å². The fourth-order valence-electron chi connectivity index (χ4n) is 0.667. The van der Waals surface area contributed by atoms with Gasteiger partial charge in [-0.05, 0) is 0 Å². The molecule has 12 heavy (non-hydrogen) atoms. The number of nitrogens with one attached hydrogen (secondary N) is 1. The molecule has 4 N–H and O–H groups in total. The van der Waals surface area contributed by atoms with Crippen LogP contribution in [0.2, 0.25) is 0 Å². The first kappa shape index (κ1) is 18.3. The molecule has 0 spiro atoms. The second kappa shape index (κ2) is 14.0. The molecule has 72 valence electrons. The van der Waals surface area contributed by atoms with Crippen LogP contribution in [-0.4, -0.2) is 49.2 Å². The Labute approximate surface area is 88.3 Å². The molecular weight excluding hydrogens is 147 g/mol. The molecule has 0 fully saturated rings. The van der Waals surface area contributed by atoms with E-state index in [1.54, 1.807) is 0 Å². The number of aliphatic hydroxyl groups excluding tert-OH is 1. The Morgan fingerprint density at radius 1 is 1.17 bits per heavy atom. The second-order valence-electron chi connectivity index (χ2n) is 2.99. The summed E-state index contributed by atoms with van der Waals surface area (Å²) in [6.45, 7) is 9.08. The van der Waals surface area contributed by atoms with Crippen molar-refractivity contribution in [3.05, 3.63) is 0 Å². The van der Waals surface area contributed by atoms with Gasteiger partial charge in [-0.15, -0.1) is 0 Å². The molecule has 4 heteroatoms. The van der Waals surface area contributed by atoms with Crippen LogP contribution in [0.15, 0.2) is 0 Å². The molecule has 0 heterocycles. The molecule has 0 bridgehead atoms. The number of rotatable bonds is 3. The Morgan fingerprint density at radius 2 is 1.42 bits per heavy atom. The molecule has 0 aromatic carbocycles. The van der Waals surface area contributed by atoms with E-state index in [0.29, 0.717) is 18.6 Å². The van der Waals surface area contributed by atoms with Crippen LogP contribution in [-0.2, 0) is 0 Å². The third kappa shape index (κ3) is 31.4. The summed E-state index contributed by atoms with van der Waals surface area (Å²) >= 11 is 0. The van der Waals surface area contributed by atoms with Gasteiger partial charge in [-0.1, -0.05) is 27.7 Å². The zero-order chi connectivity index (χ0) is 9.28. The molecule has 0 aromatic heterocycles. The van der Waals surface area contributed by atoms with Crippen molar-refractivity contribution >= 4 is 18.9 Å². The molecule has 0 atom stereocenters. The van der Waals surface area contributed by atoms with E-state index < -0.39 is 0 Å². The van der Waals surface area contributed by atoms with Crippen LogP contribution in [0.4, 0.5) is 0 Å².